The molecule has 0 saturated heterocycles. The lowest BCUT2D eigenvalue weighted by atomic mass is 10.2. The first-order valence-corrected chi connectivity index (χ1v) is 8.93. The van der Waals surface area contributed by atoms with Crippen LogP contribution in [0.15, 0.2) is 65.3 Å². The Morgan fingerprint density at radius 3 is 2.59 bits per heavy atom. The molecule has 0 spiro atoms. The number of benzene rings is 2. The van der Waals surface area contributed by atoms with Crippen LogP contribution in [0.5, 0.6) is 5.75 Å². The highest BCUT2D eigenvalue weighted by Crippen LogP contribution is 2.26. The molecule has 0 amide bonds. The van der Waals surface area contributed by atoms with Gasteiger partial charge in [-0.1, -0.05) is 18.2 Å². The summed E-state index contributed by atoms with van der Waals surface area (Å²) in [5.74, 6) is 1.24. The second-order valence-electron chi connectivity index (χ2n) is 6.20. The standard InChI is InChI=1S/C21H21FN2O2S/c1-15-5-10-20(25-2)19(12-15)23-21(27)24(14-18-4-3-11-26-18)13-16-6-8-17(22)9-7-16/h3-12H,13-14H2,1-2H3,(H,23,27). The molecule has 0 fully saturated rings. The van der Waals surface area contributed by atoms with E-state index in [1.54, 1.807) is 25.5 Å². The first-order chi connectivity index (χ1) is 13.0. The third kappa shape index (κ3) is 5.08. The van der Waals surface area contributed by atoms with Gasteiger partial charge < -0.3 is 19.4 Å². The van der Waals surface area contributed by atoms with Gasteiger partial charge in [0.1, 0.15) is 17.3 Å². The van der Waals surface area contributed by atoms with Crippen LogP contribution in [0.2, 0.25) is 0 Å². The van der Waals surface area contributed by atoms with Crippen LogP contribution in [0.25, 0.3) is 0 Å². The highest BCUT2D eigenvalue weighted by molar-refractivity contribution is 7.80. The molecule has 0 atom stereocenters. The summed E-state index contributed by atoms with van der Waals surface area (Å²) < 4.78 is 24.1. The molecule has 0 aliphatic rings. The Balaban J connectivity index is 1.81. The second kappa shape index (κ2) is 8.68. The highest BCUT2D eigenvalue weighted by atomic mass is 32.1. The third-order valence-electron chi connectivity index (χ3n) is 4.10. The Bertz CT molecular complexity index is 895. The van der Waals surface area contributed by atoms with Gasteiger partial charge in [-0.3, -0.25) is 0 Å². The number of anilines is 1. The minimum absolute atomic E-state index is 0.262. The van der Waals surface area contributed by atoms with E-state index in [2.05, 4.69) is 5.32 Å². The normalized spacial score (nSPS) is 10.5. The number of rotatable bonds is 6. The van der Waals surface area contributed by atoms with Gasteiger partial charge in [0.25, 0.3) is 0 Å². The fourth-order valence-electron chi connectivity index (χ4n) is 2.71. The molecule has 3 rings (SSSR count). The van der Waals surface area contributed by atoms with Crippen LogP contribution in [0.4, 0.5) is 10.1 Å². The maximum Gasteiger partial charge on any atom is 0.174 e. The number of furan rings is 1. The molecule has 0 aliphatic heterocycles. The summed E-state index contributed by atoms with van der Waals surface area (Å²) in [4.78, 5) is 1.96. The van der Waals surface area contributed by atoms with Crippen LogP contribution in [-0.2, 0) is 13.1 Å². The molecule has 2 aromatic carbocycles. The third-order valence-corrected chi connectivity index (χ3v) is 4.46. The Morgan fingerprint density at radius 1 is 1.15 bits per heavy atom. The van der Waals surface area contributed by atoms with Gasteiger partial charge in [0.2, 0.25) is 0 Å². The van der Waals surface area contributed by atoms with Gasteiger partial charge >= 0.3 is 0 Å². The predicted octanol–water partition coefficient (Wildman–Crippen LogP) is 5.13. The van der Waals surface area contributed by atoms with Crippen molar-refractivity contribution in [1.29, 1.82) is 0 Å². The monoisotopic (exact) mass is 384 g/mol. The fraction of sp³-hybridized carbons (Fsp3) is 0.190. The Kier molecular flexibility index (Phi) is 6.08. The molecule has 0 aliphatic carbocycles. The van der Waals surface area contributed by atoms with E-state index in [4.69, 9.17) is 21.4 Å². The number of aryl methyl sites for hydroxylation is 1. The molecule has 0 unspecified atom stereocenters. The number of hydrogen-bond donors (Lipinski definition) is 1. The van der Waals surface area contributed by atoms with Gasteiger partial charge in [0.05, 0.1) is 25.6 Å². The average molecular weight is 384 g/mol. The average Bonchev–Trinajstić information content (AvgIpc) is 3.16. The van der Waals surface area contributed by atoms with E-state index in [-0.39, 0.29) is 5.82 Å². The largest absolute Gasteiger partial charge is 0.495 e. The minimum atomic E-state index is -0.262. The van der Waals surface area contributed by atoms with Crippen LogP contribution in [0, 0.1) is 12.7 Å². The molecular weight excluding hydrogens is 363 g/mol. The molecule has 0 saturated carbocycles. The molecule has 4 nitrogen and oxygen atoms in total. The van der Waals surface area contributed by atoms with Crippen molar-refractivity contribution in [3.63, 3.8) is 0 Å². The first kappa shape index (κ1) is 18.9. The maximum absolute atomic E-state index is 13.2. The van der Waals surface area contributed by atoms with E-state index in [1.165, 1.54) is 12.1 Å². The van der Waals surface area contributed by atoms with Crippen LogP contribution in [0.1, 0.15) is 16.9 Å². The minimum Gasteiger partial charge on any atom is -0.495 e. The number of halogens is 1. The van der Waals surface area contributed by atoms with E-state index in [0.29, 0.717) is 24.0 Å². The fourth-order valence-corrected chi connectivity index (χ4v) is 2.95. The Labute approximate surface area is 163 Å². The highest BCUT2D eigenvalue weighted by Gasteiger charge is 2.15. The topological polar surface area (TPSA) is 37.6 Å². The molecule has 1 aromatic heterocycles. The van der Waals surface area contributed by atoms with Crippen molar-refractivity contribution in [1.82, 2.24) is 4.90 Å². The summed E-state index contributed by atoms with van der Waals surface area (Å²) in [7, 11) is 1.62. The van der Waals surface area contributed by atoms with Crippen LogP contribution < -0.4 is 10.1 Å². The van der Waals surface area contributed by atoms with Gasteiger partial charge in [-0.2, -0.15) is 0 Å². The summed E-state index contributed by atoms with van der Waals surface area (Å²) in [6.07, 6.45) is 1.63. The van der Waals surface area contributed by atoms with Crippen molar-refractivity contribution in [3.8, 4) is 5.75 Å². The lowest BCUT2D eigenvalue weighted by Gasteiger charge is -2.26. The number of hydrogen-bond acceptors (Lipinski definition) is 3. The summed E-state index contributed by atoms with van der Waals surface area (Å²) in [5.41, 5.74) is 2.84. The lowest BCUT2D eigenvalue weighted by Crippen LogP contribution is -2.33. The molecule has 0 bridgehead atoms. The van der Waals surface area contributed by atoms with Crippen molar-refractivity contribution >= 4 is 23.0 Å². The number of nitrogens with one attached hydrogen (secondary N) is 1. The van der Waals surface area contributed by atoms with Crippen molar-refractivity contribution in [2.75, 3.05) is 12.4 Å². The van der Waals surface area contributed by atoms with E-state index >= 15 is 0 Å². The number of thiocarbonyl (C=S) groups is 1. The summed E-state index contributed by atoms with van der Waals surface area (Å²) in [5, 5.41) is 3.79. The zero-order valence-corrected chi connectivity index (χ0v) is 16.1. The summed E-state index contributed by atoms with van der Waals surface area (Å²) >= 11 is 5.65. The van der Waals surface area contributed by atoms with Crippen molar-refractivity contribution in [2.24, 2.45) is 0 Å². The van der Waals surface area contributed by atoms with Crippen LogP contribution >= 0.6 is 12.2 Å². The van der Waals surface area contributed by atoms with Gasteiger partial charge in [0.15, 0.2) is 5.11 Å². The van der Waals surface area contributed by atoms with E-state index in [9.17, 15) is 4.39 Å². The molecule has 0 radical (unpaired) electrons. The zero-order chi connectivity index (χ0) is 19.2. The van der Waals surface area contributed by atoms with Gasteiger partial charge in [-0.15, -0.1) is 0 Å². The van der Waals surface area contributed by atoms with E-state index in [1.807, 2.05) is 42.2 Å². The molecule has 140 valence electrons. The SMILES string of the molecule is COc1ccc(C)cc1NC(=S)N(Cc1ccc(F)cc1)Cc1ccco1. The molecule has 1 N–H and O–H groups in total. The molecule has 6 heteroatoms. The number of nitrogens with zero attached hydrogens (tertiary/aromatic N) is 1. The van der Waals surface area contributed by atoms with Crippen molar-refractivity contribution < 1.29 is 13.5 Å². The molecule has 3 aromatic rings. The lowest BCUT2D eigenvalue weighted by molar-refractivity contribution is 0.360. The van der Waals surface area contributed by atoms with Gasteiger partial charge in [-0.05, 0) is 66.7 Å². The first-order valence-electron chi connectivity index (χ1n) is 8.52. The van der Waals surface area contributed by atoms with Gasteiger partial charge in [0, 0.05) is 6.54 Å². The molecule has 27 heavy (non-hydrogen) atoms. The second-order valence-corrected chi connectivity index (χ2v) is 6.58. The Morgan fingerprint density at radius 2 is 1.93 bits per heavy atom. The predicted molar refractivity (Wildman–Crippen MR) is 108 cm³/mol. The van der Waals surface area contributed by atoms with E-state index in [0.717, 1.165) is 22.6 Å². The Hall–Kier alpha value is -2.86. The summed E-state index contributed by atoms with van der Waals surface area (Å²) in [6, 6.07) is 16.0. The van der Waals surface area contributed by atoms with Crippen molar-refractivity contribution in [2.45, 2.75) is 20.0 Å². The van der Waals surface area contributed by atoms with Crippen LogP contribution in [-0.4, -0.2) is 17.1 Å². The van der Waals surface area contributed by atoms with E-state index < -0.39 is 0 Å². The number of methoxy groups -OCH3 is 1. The number of ether oxygens (including phenoxy) is 1. The maximum atomic E-state index is 13.2. The smallest absolute Gasteiger partial charge is 0.174 e. The van der Waals surface area contributed by atoms with Gasteiger partial charge in [-0.25, -0.2) is 4.39 Å². The molecular formula is C21H21FN2O2S. The van der Waals surface area contributed by atoms with Crippen molar-refractivity contribution in [3.05, 3.63) is 83.6 Å². The quantitative estimate of drug-likeness (QED) is 0.596. The van der Waals surface area contributed by atoms with Crippen LogP contribution in [0.3, 0.4) is 0 Å². The summed E-state index contributed by atoms with van der Waals surface area (Å²) in [6.45, 7) is 3.01. The molecule has 1 heterocycles. The zero-order valence-electron chi connectivity index (χ0n) is 15.2.